The zero-order valence-corrected chi connectivity index (χ0v) is 10.9. The number of nitrogens with zero attached hydrogens (tertiary/aromatic N) is 3. The summed E-state index contributed by atoms with van der Waals surface area (Å²) in [6, 6.07) is 0.617. The molecule has 1 aliphatic rings. The van der Waals surface area contributed by atoms with Gasteiger partial charge in [0.25, 0.3) is 0 Å². The Morgan fingerprint density at radius 1 is 1.33 bits per heavy atom. The van der Waals surface area contributed by atoms with E-state index in [1.165, 1.54) is 6.42 Å². The molecule has 0 fully saturated rings. The maximum atomic E-state index is 2.47. The van der Waals surface area contributed by atoms with Gasteiger partial charge in [-0.15, -0.1) is 0 Å². The van der Waals surface area contributed by atoms with Gasteiger partial charge in [-0.05, 0) is 33.4 Å². The average molecular weight is 212 g/mol. The zero-order chi connectivity index (χ0) is 11.5. The lowest BCUT2D eigenvalue weighted by Gasteiger charge is -2.45. The summed E-state index contributed by atoms with van der Waals surface area (Å²) < 4.78 is 0.917. The summed E-state index contributed by atoms with van der Waals surface area (Å²) >= 11 is 0. The minimum Gasteiger partial charge on any atom is -0.251 e. The van der Waals surface area contributed by atoms with Crippen LogP contribution in [0.25, 0.3) is 0 Å². The highest BCUT2D eigenvalue weighted by molar-refractivity contribution is 4.91. The highest BCUT2D eigenvalue weighted by Crippen LogP contribution is 2.20. The largest absolute Gasteiger partial charge is 0.251 e. The number of quaternary nitrogens is 1. The molecule has 2 unspecified atom stereocenters. The molecule has 1 aliphatic heterocycles. The zero-order valence-electron chi connectivity index (χ0n) is 10.9. The number of hydrogen-bond donors (Lipinski definition) is 0. The molecule has 0 aliphatic carbocycles. The third-order valence-electron chi connectivity index (χ3n) is 3.50. The minimum atomic E-state index is 0.617. The van der Waals surface area contributed by atoms with Crippen LogP contribution in [0.4, 0.5) is 0 Å². The molecule has 0 aromatic carbocycles. The van der Waals surface area contributed by atoms with E-state index >= 15 is 0 Å². The molecule has 0 aromatic rings. The maximum absolute atomic E-state index is 2.47. The van der Waals surface area contributed by atoms with Crippen LogP contribution in [0.15, 0.2) is 12.3 Å². The van der Waals surface area contributed by atoms with Crippen LogP contribution in [0.3, 0.4) is 0 Å². The first-order chi connectivity index (χ1) is 7.07. The summed E-state index contributed by atoms with van der Waals surface area (Å²) in [4.78, 5) is 2.44. The van der Waals surface area contributed by atoms with Crippen molar-refractivity contribution in [2.45, 2.75) is 33.2 Å². The second-order valence-electron chi connectivity index (χ2n) is 4.57. The molecule has 0 bridgehead atoms. The Morgan fingerprint density at radius 3 is 2.33 bits per heavy atom. The number of likely N-dealkylation sites (N-methyl/N-ethyl adjacent to an activating group) is 1. The third-order valence-corrected chi connectivity index (χ3v) is 3.50. The fourth-order valence-corrected chi connectivity index (χ4v) is 2.54. The second kappa shape index (κ2) is 5.10. The van der Waals surface area contributed by atoms with Gasteiger partial charge in [0.15, 0.2) is 6.67 Å². The normalized spacial score (nSPS) is 32.5. The van der Waals surface area contributed by atoms with Crippen LogP contribution in [0, 0.1) is 0 Å². The predicted octanol–water partition coefficient (Wildman–Crippen LogP) is 1.88. The Morgan fingerprint density at radius 2 is 1.93 bits per heavy atom. The van der Waals surface area contributed by atoms with E-state index < -0.39 is 0 Å². The van der Waals surface area contributed by atoms with Gasteiger partial charge in [0, 0.05) is 19.1 Å². The van der Waals surface area contributed by atoms with E-state index in [9.17, 15) is 0 Å². The van der Waals surface area contributed by atoms with Crippen molar-refractivity contribution in [3.05, 3.63) is 12.3 Å². The SMILES string of the molecule is CCC1C=C[N+](C)(N(CC)CC)CN1C. The van der Waals surface area contributed by atoms with Crippen LogP contribution < -0.4 is 0 Å². The van der Waals surface area contributed by atoms with Gasteiger partial charge in [-0.25, -0.2) is 4.59 Å². The lowest BCUT2D eigenvalue weighted by molar-refractivity contribution is -0.986. The third kappa shape index (κ3) is 2.60. The van der Waals surface area contributed by atoms with Gasteiger partial charge < -0.3 is 0 Å². The van der Waals surface area contributed by atoms with E-state index in [0.29, 0.717) is 6.04 Å². The molecule has 3 nitrogen and oxygen atoms in total. The molecular weight excluding hydrogens is 186 g/mol. The molecule has 2 atom stereocenters. The van der Waals surface area contributed by atoms with Gasteiger partial charge in [-0.1, -0.05) is 6.92 Å². The summed E-state index contributed by atoms with van der Waals surface area (Å²) in [7, 11) is 4.50. The maximum Gasteiger partial charge on any atom is 0.157 e. The van der Waals surface area contributed by atoms with Crippen molar-refractivity contribution < 1.29 is 4.59 Å². The van der Waals surface area contributed by atoms with Gasteiger partial charge in [-0.3, -0.25) is 4.90 Å². The van der Waals surface area contributed by atoms with Gasteiger partial charge in [0.1, 0.15) is 6.20 Å². The lowest BCUT2D eigenvalue weighted by atomic mass is 10.2. The topological polar surface area (TPSA) is 6.48 Å². The summed E-state index contributed by atoms with van der Waals surface area (Å²) in [5, 5.41) is 2.47. The summed E-state index contributed by atoms with van der Waals surface area (Å²) in [5.41, 5.74) is 0. The molecule has 1 heterocycles. The standard InChI is InChI=1S/C12H26N3/c1-6-12-9-10-15(5,11-13(12)4)14(7-2)8-3/h9-10,12H,6-8,11H2,1-5H3/q+1. The number of hydrogen-bond acceptors (Lipinski definition) is 2. The van der Waals surface area contributed by atoms with Crippen LogP contribution in [0.1, 0.15) is 27.2 Å². The molecule has 0 saturated carbocycles. The van der Waals surface area contributed by atoms with E-state index in [2.05, 4.69) is 57.1 Å². The number of rotatable bonds is 4. The second-order valence-corrected chi connectivity index (χ2v) is 4.57. The van der Waals surface area contributed by atoms with Crippen molar-refractivity contribution in [1.82, 2.24) is 9.91 Å². The van der Waals surface area contributed by atoms with E-state index in [4.69, 9.17) is 0 Å². The molecule has 0 saturated heterocycles. The first-order valence-corrected chi connectivity index (χ1v) is 6.07. The first-order valence-electron chi connectivity index (χ1n) is 6.07. The fraction of sp³-hybridized carbons (Fsp3) is 0.833. The van der Waals surface area contributed by atoms with Crippen molar-refractivity contribution in [1.29, 1.82) is 0 Å². The Kier molecular flexibility index (Phi) is 4.32. The van der Waals surface area contributed by atoms with Gasteiger partial charge in [0.2, 0.25) is 0 Å². The molecule has 3 heteroatoms. The van der Waals surface area contributed by atoms with E-state index in [0.717, 1.165) is 24.4 Å². The van der Waals surface area contributed by atoms with Crippen molar-refractivity contribution in [3.8, 4) is 0 Å². The van der Waals surface area contributed by atoms with Crippen molar-refractivity contribution in [2.24, 2.45) is 0 Å². The first kappa shape index (κ1) is 12.7. The van der Waals surface area contributed by atoms with Crippen LogP contribution in [-0.2, 0) is 0 Å². The molecule has 1 rings (SSSR count). The summed E-state index contributed by atoms with van der Waals surface area (Å²) in [6.45, 7) is 9.98. The van der Waals surface area contributed by atoms with Crippen LogP contribution in [0.2, 0.25) is 0 Å². The van der Waals surface area contributed by atoms with Crippen LogP contribution >= 0.6 is 0 Å². The molecule has 0 N–H and O–H groups in total. The highest BCUT2D eigenvalue weighted by Gasteiger charge is 2.33. The summed E-state index contributed by atoms with van der Waals surface area (Å²) in [5.74, 6) is 0. The Labute approximate surface area is 94.5 Å². The van der Waals surface area contributed by atoms with Crippen molar-refractivity contribution >= 4 is 0 Å². The Bertz CT molecular complexity index is 223. The smallest absolute Gasteiger partial charge is 0.157 e. The Balaban J connectivity index is 2.79. The molecule has 0 radical (unpaired) electrons. The van der Waals surface area contributed by atoms with Gasteiger partial charge in [0.05, 0.1) is 7.05 Å². The predicted molar refractivity (Wildman–Crippen MR) is 65.0 cm³/mol. The molecule has 15 heavy (non-hydrogen) atoms. The fourth-order valence-electron chi connectivity index (χ4n) is 2.54. The highest BCUT2D eigenvalue weighted by atomic mass is 15.8. The van der Waals surface area contributed by atoms with Crippen molar-refractivity contribution in [2.75, 3.05) is 33.9 Å². The monoisotopic (exact) mass is 212 g/mol. The molecular formula is C12H26N3+. The summed E-state index contributed by atoms with van der Waals surface area (Å²) in [6.07, 6.45) is 5.90. The van der Waals surface area contributed by atoms with E-state index in [-0.39, 0.29) is 0 Å². The lowest BCUT2D eigenvalue weighted by Crippen LogP contribution is -2.61. The molecule has 0 amide bonds. The van der Waals surface area contributed by atoms with Crippen molar-refractivity contribution in [3.63, 3.8) is 0 Å². The van der Waals surface area contributed by atoms with E-state index in [1.54, 1.807) is 0 Å². The van der Waals surface area contributed by atoms with Crippen LogP contribution in [-0.4, -0.2) is 54.4 Å². The average Bonchev–Trinajstić information content (AvgIpc) is 2.19. The van der Waals surface area contributed by atoms with E-state index in [1.807, 2.05) is 0 Å². The molecule has 0 aromatic heterocycles. The van der Waals surface area contributed by atoms with Crippen LogP contribution in [0.5, 0.6) is 0 Å². The minimum absolute atomic E-state index is 0.617. The quantitative estimate of drug-likeness (QED) is 0.657. The molecule has 88 valence electrons. The van der Waals surface area contributed by atoms with Gasteiger partial charge in [-0.2, -0.15) is 5.01 Å². The molecule has 0 spiro atoms. The van der Waals surface area contributed by atoms with Gasteiger partial charge >= 0.3 is 0 Å². The Hall–Kier alpha value is -0.380.